The van der Waals surface area contributed by atoms with Gasteiger partial charge < -0.3 is 9.80 Å². The highest BCUT2D eigenvalue weighted by Gasteiger charge is 2.20. The van der Waals surface area contributed by atoms with Crippen molar-refractivity contribution in [2.24, 2.45) is 0 Å². The fourth-order valence-electron chi connectivity index (χ4n) is 2.61. The first-order valence-electron chi connectivity index (χ1n) is 6.77. The number of benzene rings is 1. The molecule has 0 amide bonds. The van der Waals surface area contributed by atoms with E-state index < -0.39 is 0 Å². The minimum atomic E-state index is 0.717. The molecule has 1 aliphatic heterocycles. The Hall–Kier alpha value is -0.380. The van der Waals surface area contributed by atoms with E-state index in [4.69, 9.17) is 0 Å². The maximum absolute atomic E-state index is 3.51. The number of likely N-dealkylation sites (N-methyl/N-ethyl adjacent to an activating group) is 1. The van der Waals surface area contributed by atoms with Gasteiger partial charge in [0.2, 0.25) is 0 Å². The third-order valence-electron chi connectivity index (χ3n) is 3.71. The molecular formula is C15H23BrN2. The SMILES string of the molecule is CN(C)CCN1CCCC(c2ccc(Br)cc2)C1. The highest BCUT2D eigenvalue weighted by molar-refractivity contribution is 9.10. The summed E-state index contributed by atoms with van der Waals surface area (Å²) < 4.78 is 1.17. The lowest BCUT2D eigenvalue weighted by molar-refractivity contribution is 0.190. The summed E-state index contributed by atoms with van der Waals surface area (Å²) in [5.74, 6) is 0.717. The van der Waals surface area contributed by atoms with Crippen molar-refractivity contribution in [2.45, 2.75) is 18.8 Å². The molecule has 0 bridgehead atoms. The second-order valence-electron chi connectivity index (χ2n) is 5.49. The Bertz CT molecular complexity index is 361. The summed E-state index contributed by atoms with van der Waals surface area (Å²) in [5, 5.41) is 0. The van der Waals surface area contributed by atoms with Crippen molar-refractivity contribution in [2.75, 3.05) is 40.3 Å². The summed E-state index contributed by atoms with van der Waals surface area (Å²) >= 11 is 3.51. The van der Waals surface area contributed by atoms with Crippen LogP contribution in [0.3, 0.4) is 0 Å². The van der Waals surface area contributed by atoms with Crippen molar-refractivity contribution in [3.63, 3.8) is 0 Å². The van der Waals surface area contributed by atoms with Crippen LogP contribution in [0, 0.1) is 0 Å². The first-order valence-corrected chi connectivity index (χ1v) is 7.57. The van der Waals surface area contributed by atoms with Crippen molar-refractivity contribution in [1.82, 2.24) is 9.80 Å². The molecule has 0 spiro atoms. The van der Waals surface area contributed by atoms with E-state index in [1.807, 2.05) is 0 Å². The van der Waals surface area contributed by atoms with Crippen molar-refractivity contribution >= 4 is 15.9 Å². The highest BCUT2D eigenvalue weighted by Crippen LogP contribution is 2.27. The summed E-state index contributed by atoms with van der Waals surface area (Å²) in [5.41, 5.74) is 1.49. The molecule has 1 heterocycles. The van der Waals surface area contributed by atoms with Gasteiger partial charge in [-0.1, -0.05) is 28.1 Å². The molecule has 1 fully saturated rings. The molecule has 1 aromatic rings. The number of hydrogen-bond donors (Lipinski definition) is 0. The van der Waals surface area contributed by atoms with Gasteiger partial charge in [-0.2, -0.15) is 0 Å². The molecule has 100 valence electrons. The van der Waals surface area contributed by atoms with Gasteiger partial charge in [-0.15, -0.1) is 0 Å². The van der Waals surface area contributed by atoms with Crippen molar-refractivity contribution in [1.29, 1.82) is 0 Å². The van der Waals surface area contributed by atoms with Gasteiger partial charge in [0.05, 0.1) is 0 Å². The van der Waals surface area contributed by atoms with E-state index in [2.05, 4.69) is 64.1 Å². The van der Waals surface area contributed by atoms with Crippen LogP contribution < -0.4 is 0 Å². The average Bonchev–Trinajstić information content (AvgIpc) is 2.37. The van der Waals surface area contributed by atoms with Crippen LogP contribution in [-0.4, -0.2) is 50.1 Å². The average molecular weight is 311 g/mol. The fraction of sp³-hybridized carbons (Fsp3) is 0.600. The molecule has 1 unspecified atom stereocenters. The van der Waals surface area contributed by atoms with Crippen LogP contribution in [0.25, 0.3) is 0 Å². The summed E-state index contributed by atoms with van der Waals surface area (Å²) in [7, 11) is 4.30. The summed E-state index contributed by atoms with van der Waals surface area (Å²) in [6.07, 6.45) is 2.66. The maximum atomic E-state index is 3.51. The summed E-state index contributed by atoms with van der Waals surface area (Å²) in [4.78, 5) is 4.87. The van der Waals surface area contributed by atoms with Crippen LogP contribution in [-0.2, 0) is 0 Å². The molecule has 3 heteroatoms. The molecule has 0 aliphatic carbocycles. The number of likely N-dealkylation sites (tertiary alicyclic amines) is 1. The largest absolute Gasteiger partial charge is 0.308 e. The zero-order chi connectivity index (χ0) is 13.0. The molecule has 18 heavy (non-hydrogen) atoms. The van der Waals surface area contributed by atoms with E-state index in [0.29, 0.717) is 5.92 Å². The van der Waals surface area contributed by atoms with Crippen LogP contribution in [0.15, 0.2) is 28.7 Å². The second kappa shape index (κ2) is 6.69. The molecule has 1 aromatic carbocycles. The fourth-order valence-corrected chi connectivity index (χ4v) is 2.87. The quantitative estimate of drug-likeness (QED) is 0.842. The molecule has 1 atom stereocenters. The van der Waals surface area contributed by atoms with Crippen LogP contribution in [0.1, 0.15) is 24.3 Å². The van der Waals surface area contributed by atoms with Crippen LogP contribution in [0.4, 0.5) is 0 Å². The number of piperidine rings is 1. The molecule has 1 saturated heterocycles. The zero-order valence-electron chi connectivity index (χ0n) is 11.4. The monoisotopic (exact) mass is 310 g/mol. The summed E-state index contributed by atoms with van der Waals surface area (Å²) in [6.45, 7) is 4.84. The predicted molar refractivity (Wildman–Crippen MR) is 81.1 cm³/mol. The van der Waals surface area contributed by atoms with Gasteiger partial charge in [-0.25, -0.2) is 0 Å². The number of rotatable bonds is 4. The Balaban J connectivity index is 1.91. The van der Waals surface area contributed by atoms with Gasteiger partial charge in [0.25, 0.3) is 0 Å². The molecule has 2 rings (SSSR count). The van der Waals surface area contributed by atoms with Gasteiger partial charge in [-0.05, 0) is 57.1 Å². The predicted octanol–water partition coefficient (Wildman–Crippen LogP) is 3.19. The standard InChI is InChI=1S/C15H23BrN2/c1-17(2)10-11-18-9-3-4-14(12-18)13-5-7-15(16)8-6-13/h5-8,14H,3-4,9-12H2,1-2H3. The summed E-state index contributed by atoms with van der Waals surface area (Å²) in [6, 6.07) is 8.86. The molecule has 0 radical (unpaired) electrons. The van der Waals surface area contributed by atoms with Crippen molar-refractivity contribution < 1.29 is 0 Å². The van der Waals surface area contributed by atoms with E-state index in [1.54, 1.807) is 0 Å². The molecule has 0 aromatic heterocycles. The number of hydrogen-bond acceptors (Lipinski definition) is 2. The van der Waals surface area contributed by atoms with Crippen LogP contribution in [0.5, 0.6) is 0 Å². The third kappa shape index (κ3) is 4.08. The number of nitrogens with zero attached hydrogens (tertiary/aromatic N) is 2. The highest BCUT2D eigenvalue weighted by atomic mass is 79.9. The third-order valence-corrected chi connectivity index (χ3v) is 4.24. The van der Waals surface area contributed by atoms with E-state index in [0.717, 1.165) is 6.54 Å². The first-order chi connectivity index (χ1) is 8.65. The minimum Gasteiger partial charge on any atom is -0.308 e. The molecule has 0 saturated carbocycles. The van der Waals surface area contributed by atoms with Gasteiger partial charge >= 0.3 is 0 Å². The first kappa shape index (κ1) is 14.0. The van der Waals surface area contributed by atoms with Crippen LogP contribution in [0.2, 0.25) is 0 Å². The Morgan fingerprint density at radius 1 is 1.28 bits per heavy atom. The van der Waals surface area contributed by atoms with E-state index in [1.165, 1.54) is 42.5 Å². The second-order valence-corrected chi connectivity index (χ2v) is 6.41. The normalized spacial score (nSPS) is 21.4. The lowest BCUT2D eigenvalue weighted by atomic mass is 9.91. The Morgan fingerprint density at radius 2 is 2.00 bits per heavy atom. The van der Waals surface area contributed by atoms with Crippen molar-refractivity contribution in [3.8, 4) is 0 Å². The van der Waals surface area contributed by atoms with E-state index >= 15 is 0 Å². The lowest BCUT2D eigenvalue weighted by Gasteiger charge is -2.33. The molecule has 2 nitrogen and oxygen atoms in total. The van der Waals surface area contributed by atoms with Gasteiger partial charge in [-0.3, -0.25) is 0 Å². The molecule has 1 aliphatic rings. The Labute approximate surface area is 119 Å². The topological polar surface area (TPSA) is 6.48 Å². The zero-order valence-corrected chi connectivity index (χ0v) is 13.0. The van der Waals surface area contributed by atoms with Crippen LogP contribution >= 0.6 is 15.9 Å². The van der Waals surface area contributed by atoms with Gasteiger partial charge in [0, 0.05) is 24.1 Å². The van der Waals surface area contributed by atoms with Crippen molar-refractivity contribution in [3.05, 3.63) is 34.3 Å². The molecular weight excluding hydrogens is 288 g/mol. The van der Waals surface area contributed by atoms with E-state index in [9.17, 15) is 0 Å². The number of halogens is 1. The lowest BCUT2D eigenvalue weighted by Crippen LogP contribution is -2.38. The maximum Gasteiger partial charge on any atom is 0.0175 e. The molecule has 0 N–H and O–H groups in total. The minimum absolute atomic E-state index is 0.717. The van der Waals surface area contributed by atoms with Gasteiger partial charge in [0.15, 0.2) is 0 Å². The Kier molecular flexibility index (Phi) is 5.22. The smallest absolute Gasteiger partial charge is 0.0175 e. The van der Waals surface area contributed by atoms with Gasteiger partial charge in [0.1, 0.15) is 0 Å². The van der Waals surface area contributed by atoms with E-state index in [-0.39, 0.29) is 0 Å². The Morgan fingerprint density at radius 3 is 2.67 bits per heavy atom.